The van der Waals surface area contributed by atoms with Crippen molar-refractivity contribution in [1.29, 1.82) is 0 Å². The highest BCUT2D eigenvalue weighted by molar-refractivity contribution is 7.89. The molecule has 0 aliphatic heterocycles. The van der Waals surface area contributed by atoms with Crippen LogP contribution in [0.1, 0.15) is 17.1 Å². The second kappa shape index (κ2) is 5.74. The van der Waals surface area contributed by atoms with E-state index < -0.39 is 20.7 Å². The van der Waals surface area contributed by atoms with Crippen LogP contribution < -0.4 is 10.5 Å². The van der Waals surface area contributed by atoms with Gasteiger partial charge in [0.2, 0.25) is 10.0 Å². The average Bonchev–Trinajstić information content (AvgIpc) is 2.83. The molecule has 0 bridgehead atoms. The second-order valence-corrected chi connectivity index (χ2v) is 6.04. The predicted octanol–water partition coefficient (Wildman–Crippen LogP) is 1.66. The minimum Gasteiger partial charge on any atom is -0.465 e. The number of nitrogens with one attached hydrogen (secondary N) is 1. The quantitative estimate of drug-likeness (QED) is 0.879. The molecule has 0 aliphatic carbocycles. The van der Waals surface area contributed by atoms with Gasteiger partial charge in [-0.3, -0.25) is 0 Å². The van der Waals surface area contributed by atoms with Gasteiger partial charge >= 0.3 is 0 Å². The lowest BCUT2D eigenvalue weighted by Crippen LogP contribution is -2.24. The fourth-order valence-electron chi connectivity index (χ4n) is 1.70. The van der Waals surface area contributed by atoms with E-state index in [1.54, 1.807) is 19.1 Å². The lowest BCUT2D eigenvalue weighted by molar-refractivity contribution is 0.474. The first kappa shape index (κ1) is 14.7. The molecule has 3 N–H and O–H groups in total. The smallest absolute Gasteiger partial charge is 0.243 e. The van der Waals surface area contributed by atoms with Crippen molar-refractivity contribution < 1.29 is 17.2 Å². The van der Waals surface area contributed by atoms with Gasteiger partial charge in [-0.05, 0) is 36.8 Å². The number of halogens is 1. The lowest BCUT2D eigenvalue weighted by Gasteiger charge is -2.08. The second-order valence-electron chi connectivity index (χ2n) is 4.31. The molecule has 108 valence electrons. The number of hydrogen-bond acceptors (Lipinski definition) is 4. The van der Waals surface area contributed by atoms with E-state index >= 15 is 0 Å². The summed E-state index contributed by atoms with van der Waals surface area (Å²) in [5.74, 6) is 0.322. The number of sulfonamides is 1. The van der Waals surface area contributed by atoms with Gasteiger partial charge in [0.25, 0.3) is 0 Å². The first-order valence-corrected chi connectivity index (χ1v) is 7.44. The lowest BCUT2D eigenvalue weighted by atomic mass is 10.2. The topological polar surface area (TPSA) is 85.3 Å². The van der Waals surface area contributed by atoms with Gasteiger partial charge in [-0.2, -0.15) is 0 Å². The molecule has 1 aromatic heterocycles. The largest absolute Gasteiger partial charge is 0.465 e. The summed E-state index contributed by atoms with van der Waals surface area (Å²) >= 11 is 0. The minimum absolute atomic E-state index is 0.0392. The van der Waals surface area contributed by atoms with Crippen molar-refractivity contribution >= 4 is 10.0 Å². The fraction of sp³-hybridized carbons (Fsp3) is 0.231. The van der Waals surface area contributed by atoms with Crippen LogP contribution in [-0.4, -0.2) is 8.42 Å². The highest BCUT2D eigenvalue weighted by Gasteiger charge is 2.19. The van der Waals surface area contributed by atoms with Crippen LogP contribution in [0.5, 0.6) is 0 Å². The zero-order valence-corrected chi connectivity index (χ0v) is 11.7. The van der Waals surface area contributed by atoms with Crippen molar-refractivity contribution in [3.8, 4) is 0 Å². The first-order chi connectivity index (χ1) is 9.42. The summed E-state index contributed by atoms with van der Waals surface area (Å²) in [6, 6.07) is 7.15. The molecule has 2 rings (SSSR count). The Morgan fingerprint density at radius 2 is 2.05 bits per heavy atom. The Hall–Kier alpha value is -1.70. The van der Waals surface area contributed by atoms with Crippen LogP contribution in [-0.2, 0) is 23.1 Å². The van der Waals surface area contributed by atoms with Gasteiger partial charge in [0.15, 0.2) is 0 Å². The monoisotopic (exact) mass is 298 g/mol. The van der Waals surface area contributed by atoms with E-state index in [2.05, 4.69) is 4.72 Å². The standard InChI is InChI=1S/C13H15FN2O3S/c1-9-2-4-11(19-9)8-16-20(17,18)13-6-10(7-15)3-5-12(13)14/h2-6,16H,7-8,15H2,1H3. The van der Waals surface area contributed by atoms with Crippen molar-refractivity contribution in [3.05, 3.63) is 53.2 Å². The molecule has 0 unspecified atom stereocenters. The molecule has 5 nitrogen and oxygen atoms in total. The Kier molecular flexibility index (Phi) is 4.22. The van der Waals surface area contributed by atoms with Gasteiger partial charge in [0, 0.05) is 6.54 Å². The van der Waals surface area contributed by atoms with Gasteiger partial charge in [0.1, 0.15) is 22.2 Å². The Morgan fingerprint density at radius 1 is 1.30 bits per heavy atom. The van der Waals surface area contributed by atoms with Crippen LogP contribution in [0.25, 0.3) is 0 Å². The van der Waals surface area contributed by atoms with E-state index in [9.17, 15) is 12.8 Å². The molecule has 1 heterocycles. The minimum atomic E-state index is -3.95. The SMILES string of the molecule is Cc1ccc(CNS(=O)(=O)c2cc(CN)ccc2F)o1. The third-order valence-corrected chi connectivity index (χ3v) is 4.17. The molecule has 0 spiro atoms. The number of rotatable bonds is 5. The van der Waals surface area contributed by atoms with Crippen molar-refractivity contribution in [2.24, 2.45) is 5.73 Å². The van der Waals surface area contributed by atoms with Crippen LogP contribution in [0, 0.1) is 12.7 Å². The van der Waals surface area contributed by atoms with Crippen LogP contribution >= 0.6 is 0 Å². The van der Waals surface area contributed by atoms with E-state index in [4.69, 9.17) is 10.2 Å². The normalized spacial score (nSPS) is 11.8. The molecule has 20 heavy (non-hydrogen) atoms. The molecule has 0 saturated carbocycles. The van der Waals surface area contributed by atoms with Gasteiger partial charge in [-0.1, -0.05) is 6.07 Å². The highest BCUT2D eigenvalue weighted by atomic mass is 32.2. The summed E-state index contributed by atoms with van der Waals surface area (Å²) in [5, 5.41) is 0. The summed E-state index contributed by atoms with van der Waals surface area (Å²) in [6.45, 7) is 1.85. The van der Waals surface area contributed by atoms with Crippen LogP contribution in [0.3, 0.4) is 0 Å². The van der Waals surface area contributed by atoms with Crippen molar-refractivity contribution in [2.45, 2.75) is 24.9 Å². The van der Waals surface area contributed by atoms with Crippen LogP contribution in [0.4, 0.5) is 4.39 Å². The molecule has 1 aromatic carbocycles. The van der Waals surface area contributed by atoms with Crippen LogP contribution in [0.15, 0.2) is 39.6 Å². The van der Waals surface area contributed by atoms with Crippen molar-refractivity contribution in [1.82, 2.24) is 4.72 Å². The van der Waals surface area contributed by atoms with Crippen molar-refractivity contribution in [3.63, 3.8) is 0 Å². The van der Waals surface area contributed by atoms with E-state index in [0.717, 1.165) is 6.07 Å². The van der Waals surface area contributed by atoms with Crippen LogP contribution in [0.2, 0.25) is 0 Å². The maximum atomic E-state index is 13.6. The summed E-state index contributed by atoms with van der Waals surface area (Å²) < 4.78 is 45.3. The Morgan fingerprint density at radius 3 is 2.65 bits per heavy atom. The number of furan rings is 1. The summed E-state index contributed by atoms with van der Waals surface area (Å²) in [6.07, 6.45) is 0. The third-order valence-electron chi connectivity index (χ3n) is 2.75. The zero-order valence-electron chi connectivity index (χ0n) is 10.9. The maximum Gasteiger partial charge on any atom is 0.243 e. The fourth-order valence-corrected chi connectivity index (χ4v) is 2.82. The third kappa shape index (κ3) is 3.24. The molecule has 0 amide bonds. The Balaban J connectivity index is 2.21. The Labute approximate surface area is 116 Å². The molecule has 0 saturated heterocycles. The van der Waals surface area contributed by atoms with Crippen molar-refractivity contribution in [2.75, 3.05) is 0 Å². The highest BCUT2D eigenvalue weighted by Crippen LogP contribution is 2.17. The zero-order chi connectivity index (χ0) is 14.8. The number of aryl methyl sites for hydroxylation is 1. The molecule has 0 fully saturated rings. The average molecular weight is 298 g/mol. The predicted molar refractivity (Wildman–Crippen MR) is 71.8 cm³/mol. The first-order valence-electron chi connectivity index (χ1n) is 5.96. The molecule has 0 radical (unpaired) electrons. The summed E-state index contributed by atoms with van der Waals surface area (Å²) in [7, 11) is -3.95. The number of nitrogens with two attached hydrogens (primary N) is 1. The molecule has 2 aromatic rings. The van der Waals surface area contributed by atoms with Gasteiger partial charge in [-0.15, -0.1) is 0 Å². The van der Waals surface area contributed by atoms with E-state index in [0.29, 0.717) is 17.1 Å². The summed E-state index contributed by atoms with van der Waals surface area (Å²) in [4.78, 5) is -0.413. The van der Waals surface area contributed by atoms with Gasteiger partial charge < -0.3 is 10.2 Å². The number of benzene rings is 1. The van der Waals surface area contributed by atoms with Gasteiger partial charge in [-0.25, -0.2) is 17.5 Å². The van der Waals surface area contributed by atoms with E-state index in [1.807, 2.05) is 0 Å². The molecule has 0 atom stereocenters. The summed E-state index contributed by atoms with van der Waals surface area (Å²) in [5.41, 5.74) is 5.97. The Bertz CT molecular complexity index is 710. The number of hydrogen-bond donors (Lipinski definition) is 2. The molecular weight excluding hydrogens is 283 g/mol. The van der Waals surface area contributed by atoms with E-state index in [1.165, 1.54) is 12.1 Å². The maximum absolute atomic E-state index is 13.6. The van der Waals surface area contributed by atoms with Gasteiger partial charge in [0.05, 0.1) is 6.54 Å². The molecular formula is C13H15FN2O3S. The molecule has 0 aliphatic rings. The molecule has 7 heteroatoms. The van der Waals surface area contributed by atoms with E-state index in [-0.39, 0.29) is 13.1 Å².